The second-order valence-corrected chi connectivity index (χ2v) is 6.41. The second-order valence-electron chi connectivity index (χ2n) is 6.41. The summed E-state index contributed by atoms with van der Waals surface area (Å²) in [5.41, 5.74) is 3.01. The molecule has 0 unspecified atom stereocenters. The summed E-state index contributed by atoms with van der Waals surface area (Å²) in [4.78, 5) is 2.49. The summed E-state index contributed by atoms with van der Waals surface area (Å²) in [6, 6.07) is 9.33. The van der Waals surface area contributed by atoms with Crippen molar-refractivity contribution < 1.29 is 0 Å². The van der Waals surface area contributed by atoms with Gasteiger partial charge in [0.25, 0.3) is 0 Å². The fourth-order valence-electron chi connectivity index (χ4n) is 3.19. The summed E-state index contributed by atoms with van der Waals surface area (Å²) in [5.74, 6) is 1.76. The zero-order valence-corrected chi connectivity index (χ0v) is 12.1. The van der Waals surface area contributed by atoms with E-state index in [1.165, 1.54) is 50.9 Å². The highest BCUT2D eigenvalue weighted by Gasteiger charge is 2.23. The molecule has 0 bridgehead atoms. The van der Waals surface area contributed by atoms with Crippen molar-refractivity contribution in [2.75, 3.05) is 26.7 Å². The monoisotopic (exact) mass is 258 g/mol. The second kappa shape index (κ2) is 6.06. The minimum absolute atomic E-state index is 0.876. The number of piperidine rings is 1. The van der Waals surface area contributed by atoms with Crippen molar-refractivity contribution >= 4 is 0 Å². The quantitative estimate of drug-likeness (QED) is 0.873. The number of rotatable bonds is 5. The molecule has 2 heteroatoms. The standard InChI is InChI=1S/C17H26N2/c1-19(13-15-8-10-18-11-9-15)12-14-2-4-16(5-3-14)17-6-7-17/h2-5,15,17-18H,6-13H2,1H3. The van der Waals surface area contributed by atoms with Crippen molar-refractivity contribution in [3.05, 3.63) is 35.4 Å². The highest BCUT2D eigenvalue weighted by atomic mass is 15.1. The van der Waals surface area contributed by atoms with E-state index in [4.69, 9.17) is 0 Å². The van der Waals surface area contributed by atoms with E-state index in [2.05, 4.69) is 41.5 Å². The molecule has 2 fully saturated rings. The Bertz CT molecular complexity index is 388. The third kappa shape index (κ3) is 3.80. The van der Waals surface area contributed by atoms with Gasteiger partial charge < -0.3 is 10.2 Å². The summed E-state index contributed by atoms with van der Waals surface area (Å²) in [6.07, 6.45) is 5.47. The van der Waals surface area contributed by atoms with Crippen LogP contribution in [0.3, 0.4) is 0 Å². The van der Waals surface area contributed by atoms with Crippen molar-refractivity contribution in [3.8, 4) is 0 Å². The van der Waals surface area contributed by atoms with Gasteiger partial charge in [0.1, 0.15) is 0 Å². The molecular weight excluding hydrogens is 232 g/mol. The number of nitrogens with one attached hydrogen (secondary N) is 1. The van der Waals surface area contributed by atoms with Crippen molar-refractivity contribution in [1.82, 2.24) is 10.2 Å². The lowest BCUT2D eigenvalue weighted by atomic mass is 9.97. The molecular formula is C17H26N2. The van der Waals surface area contributed by atoms with E-state index >= 15 is 0 Å². The van der Waals surface area contributed by atoms with E-state index in [0.29, 0.717) is 0 Å². The van der Waals surface area contributed by atoms with Crippen LogP contribution in [0.15, 0.2) is 24.3 Å². The minimum Gasteiger partial charge on any atom is -0.317 e. The SMILES string of the molecule is CN(Cc1ccc(C2CC2)cc1)CC1CCNCC1. The molecule has 2 aliphatic rings. The van der Waals surface area contributed by atoms with E-state index in [9.17, 15) is 0 Å². The topological polar surface area (TPSA) is 15.3 Å². The Morgan fingerprint density at radius 1 is 1.05 bits per heavy atom. The molecule has 0 amide bonds. The predicted molar refractivity (Wildman–Crippen MR) is 80.3 cm³/mol. The van der Waals surface area contributed by atoms with Crippen molar-refractivity contribution in [2.45, 2.75) is 38.1 Å². The molecule has 1 N–H and O–H groups in total. The van der Waals surface area contributed by atoms with E-state index in [0.717, 1.165) is 18.4 Å². The molecule has 0 spiro atoms. The van der Waals surface area contributed by atoms with Crippen LogP contribution in [-0.2, 0) is 6.54 Å². The Hall–Kier alpha value is -0.860. The van der Waals surface area contributed by atoms with Gasteiger partial charge in [0, 0.05) is 13.1 Å². The van der Waals surface area contributed by atoms with Crippen LogP contribution in [0.5, 0.6) is 0 Å². The lowest BCUT2D eigenvalue weighted by Crippen LogP contribution is -2.34. The first-order chi connectivity index (χ1) is 9.31. The first-order valence-corrected chi connectivity index (χ1v) is 7.79. The van der Waals surface area contributed by atoms with Gasteiger partial charge >= 0.3 is 0 Å². The van der Waals surface area contributed by atoms with Crippen LogP contribution >= 0.6 is 0 Å². The molecule has 1 aliphatic heterocycles. The molecule has 1 aromatic rings. The maximum absolute atomic E-state index is 3.44. The molecule has 2 nitrogen and oxygen atoms in total. The Balaban J connectivity index is 1.48. The van der Waals surface area contributed by atoms with Crippen LogP contribution in [0.2, 0.25) is 0 Å². The van der Waals surface area contributed by atoms with E-state index in [1.54, 1.807) is 5.56 Å². The Kier molecular flexibility index (Phi) is 4.19. The van der Waals surface area contributed by atoms with Gasteiger partial charge in [0.05, 0.1) is 0 Å². The summed E-state index contributed by atoms with van der Waals surface area (Å²) in [6.45, 7) is 4.74. The summed E-state index contributed by atoms with van der Waals surface area (Å²) >= 11 is 0. The average Bonchev–Trinajstić information content (AvgIpc) is 3.25. The first-order valence-electron chi connectivity index (χ1n) is 7.79. The Labute approximate surface area is 117 Å². The van der Waals surface area contributed by atoms with Gasteiger partial charge in [-0.05, 0) is 68.8 Å². The van der Waals surface area contributed by atoms with Gasteiger partial charge in [-0.15, -0.1) is 0 Å². The molecule has 1 saturated carbocycles. The van der Waals surface area contributed by atoms with Gasteiger partial charge in [-0.25, -0.2) is 0 Å². The highest BCUT2D eigenvalue weighted by Crippen LogP contribution is 2.39. The zero-order chi connectivity index (χ0) is 13.1. The summed E-state index contributed by atoms with van der Waals surface area (Å²) in [5, 5.41) is 3.44. The molecule has 0 aromatic heterocycles. The first kappa shape index (κ1) is 13.1. The van der Waals surface area contributed by atoms with Gasteiger partial charge in [-0.3, -0.25) is 0 Å². The van der Waals surface area contributed by atoms with Gasteiger partial charge in [-0.1, -0.05) is 24.3 Å². The van der Waals surface area contributed by atoms with Crippen LogP contribution in [-0.4, -0.2) is 31.6 Å². The number of nitrogens with zero attached hydrogens (tertiary/aromatic N) is 1. The third-order valence-corrected chi connectivity index (χ3v) is 4.51. The van der Waals surface area contributed by atoms with Crippen LogP contribution < -0.4 is 5.32 Å². The lowest BCUT2D eigenvalue weighted by Gasteiger charge is -2.27. The van der Waals surface area contributed by atoms with Crippen molar-refractivity contribution in [2.24, 2.45) is 5.92 Å². The van der Waals surface area contributed by atoms with Crippen molar-refractivity contribution in [3.63, 3.8) is 0 Å². The maximum atomic E-state index is 3.44. The molecule has 0 atom stereocenters. The molecule has 104 valence electrons. The maximum Gasteiger partial charge on any atom is 0.0230 e. The Morgan fingerprint density at radius 2 is 1.74 bits per heavy atom. The molecule has 0 radical (unpaired) electrons. The number of benzene rings is 1. The van der Waals surface area contributed by atoms with E-state index in [-0.39, 0.29) is 0 Å². The fourth-order valence-corrected chi connectivity index (χ4v) is 3.19. The predicted octanol–water partition coefficient (Wildman–Crippen LogP) is 3.00. The van der Waals surface area contributed by atoms with Crippen LogP contribution in [0, 0.1) is 5.92 Å². The van der Waals surface area contributed by atoms with Crippen LogP contribution in [0.1, 0.15) is 42.7 Å². The summed E-state index contributed by atoms with van der Waals surface area (Å²) in [7, 11) is 2.26. The van der Waals surface area contributed by atoms with Gasteiger partial charge in [0.2, 0.25) is 0 Å². The fraction of sp³-hybridized carbons (Fsp3) is 0.647. The molecule has 19 heavy (non-hydrogen) atoms. The third-order valence-electron chi connectivity index (χ3n) is 4.51. The zero-order valence-electron chi connectivity index (χ0n) is 12.1. The molecule has 1 heterocycles. The molecule has 1 aliphatic carbocycles. The Morgan fingerprint density at radius 3 is 2.37 bits per heavy atom. The molecule has 1 aromatic carbocycles. The summed E-state index contributed by atoms with van der Waals surface area (Å²) < 4.78 is 0. The number of hydrogen-bond donors (Lipinski definition) is 1. The molecule has 3 rings (SSSR count). The van der Waals surface area contributed by atoms with Crippen molar-refractivity contribution in [1.29, 1.82) is 0 Å². The average molecular weight is 258 g/mol. The van der Waals surface area contributed by atoms with Crippen LogP contribution in [0.25, 0.3) is 0 Å². The van der Waals surface area contributed by atoms with E-state index < -0.39 is 0 Å². The number of hydrogen-bond acceptors (Lipinski definition) is 2. The van der Waals surface area contributed by atoms with Gasteiger partial charge in [0.15, 0.2) is 0 Å². The smallest absolute Gasteiger partial charge is 0.0230 e. The molecule has 1 saturated heterocycles. The van der Waals surface area contributed by atoms with E-state index in [1.807, 2.05) is 0 Å². The van der Waals surface area contributed by atoms with Crippen LogP contribution in [0.4, 0.5) is 0 Å². The largest absolute Gasteiger partial charge is 0.317 e. The lowest BCUT2D eigenvalue weighted by molar-refractivity contribution is 0.234. The highest BCUT2D eigenvalue weighted by molar-refractivity contribution is 5.27. The normalized spacial score (nSPS) is 20.9. The van der Waals surface area contributed by atoms with Gasteiger partial charge in [-0.2, -0.15) is 0 Å². The minimum atomic E-state index is 0.876.